The Morgan fingerprint density at radius 2 is 1.84 bits per heavy atom. The van der Waals surface area contributed by atoms with Crippen molar-refractivity contribution in [2.75, 3.05) is 7.11 Å². The molecular weight excluding hydrogens is 416 g/mol. The highest BCUT2D eigenvalue weighted by molar-refractivity contribution is 7.89. The number of benzene rings is 3. The number of nitrogens with two attached hydrogens (primary N) is 1. The number of H-pyrrole nitrogens is 1. The zero-order valence-electron chi connectivity index (χ0n) is 16.6. The number of carbonyl (C=O) groups is 1. The highest BCUT2D eigenvalue weighted by Gasteiger charge is 2.15. The van der Waals surface area contributed by atoms with Crippen LogP contribution in [-0.4, -0.2) is 31.6 Å². The van der Waals surface area contributed by atoms with Crippen LogP contribution in [0.3, 0.4) is 0 Å². The van der Waals surface area contributed by atoms with Gasteiger partial charge in [0, 0.05) is 23.1 Å². The summed E-state index contributed by atoms with van der Waals surface area (Å²) < 4.78 is 28.1. The molecule has 0 radical (unpaired) electrons. The van der Waals surface area contributed by atoms with Crippen LogP contribution in [0.5, 0.6) is 5.75 Å². The van der Waals surface area contributed by atoms with Crippen molar-refractivity contribution < 1.29 is 17.9 Å². The largest absolute Gasteiger partial charge is 0.496 e. The second-order valence-electron chi connectivity index (χ2n) is 6.90. The van der Waals surface area contributed by atoms with E-state index in [1.54, 1.807) is 37.4 Å². The molecule has 0 saturated heterocycles. The van der Waals surface area contributed by atoms with Crippen molar-refractivity contribution in [3.8, 4) is 17.0 Å². The van der Waals surface area contributed by atoms with Crippen molar-refractivity contribution in [3.05, 3.63) is 77.9 Å². The third kappa shape index (κ3) is 4.27. The second-order valence-corrected chi connectivity index (χ2v) is 8.47. The first-order chi connectivity index (χ1) is 14.9. The highest BCUT2D eigenvalue weighted by atomic mass is 32.2. The lowest BCUT2D eigenvalue weighted by Crippen LogP contribution is -2.22. The number of fused-ring (bicyclic) bond motifs is 1. The minimum atomic E-state index is -3.75. The van der Waals surface area contributed by atoms with Crippen LogP contribution in [0, 0.1) is 0 Å². The monoisotopic (exact) mass is 436 g/mol. The number of para-hydroxylation sites is 1. The SMILES string of the molecule is COc1ccccc1-c1n[nH]c2ccc(C(=O)NCc3ccc(S(N)(=O)=O)cc3)cc12. The Bertz CT molecular complexity index is 1360. The molecule has 158 valence electrons. The Kier molecular flexibility index (Phi) is 5.45. The zero-order chi connectivity index (χ0) is 22.0. The molecule has 4 aromatic rings. The molecule has 0 aliphatic rings. The van der Waals surface area contributed by atoms with Crippen LogP contribution < -0.4 is 15.2 Å². The number of methoxy groups -OCH3 is 1. The molecule has 0 fully saturated rings. The van der Waals surface area contributed by atoms with E-state index in [2.05, 4.69) is 15.5 Å². The molecule has 0 bridgehead atoms. The van der Waals surface area contributed by atoms with Crippen LogP contribution in [0.4, 0.5) is 0 Å². The summed E-state index contributed by atoms with van der Waals surface area (Å²) in [6, 6.07) is 18.9. The standard InChI is InChI=1S/C22H20N4O4S/c1-30-20-5-3-2-4-17(20)21-18-12-15(8-11-19(18)25-26-21)22(27)24-13-14-6-9-16(10-7-14)31(23,28)29/h2-12H,13H2,1H3,(H,24,27)(H,25,26)(H2,23,28,29). The molecule has 1 amide bonds. The number of amides is 1. The third-order valence-electron chi connectivity index (χ3n) is 4.89. The van der Waals surface area contributed by atoms with Gasteiger partial charge in [-0.05, 0) is 48.0 Å². The molecule has 4 N–H and O–H groups in total. The molecule has 0 spiro atoms. The van der Waals surface area contributed by atoms with E-state index in [-0.39, 0.29) is 17.3 Å². The maximum absolute atomic E-state index is 12.7. The molecule has 3 aromatic carbocycles. The Labute approximate surface area is 179 Å². The van der Waals surface area contributed by atoms with Crippen molar-refractivity contribution in [1.29, 1.82) is 0 Å². The fraction of sp³-hybridized carbons (Fsp3) is 0.0909. The summed E-state index contributed by atoms with van der Waals surface area (Å²) in [6.45, 7) is 0.243. The van der Waals surface area contributed by atoms with Gasteiger partial charge in [-0.25, -0.2) is 13.6 Å². The highest BCUT2D eigenvalue weighted by Crippen LogP contribution is 2.33. The number of rotatable bonds is 6. The Morgan fingerprint density at radius 3 is 2.55 bits per heavy atom. The van der Waals surface area contributed by atoms with E-state index in [1.807, 2.05) is 24.3 Å². The van der Waals surface area contributed by atoms with Gasteiger partial charge in [-0.15, -0.1) is 0 Å². The summed E-state index contributed by atoms with van der Waals surface area (Å²) in [5, 5.41) is 16.1. The maximum Gasteiger partial charge on any atom is 0.251 e. The third-order valence-corrected chi connectivity index (χ3v) is 5.82. The Balaban J connectivity index is 1.56. The zero-order valence-corrected chi connectivity index (χ0v) is 17.4. The molecule has 1 aromatic heterocycles. The van der Waals surface area contributed by atoms with E-state index in [4.69, 9.17) is 9.88 Å². The normalized spacial score (nSPS) is 11.4. The number of hydrogen-bond acceptors (Lipinski definition) is 5. The molecule has 9 heteroatoms. The van der Waals surface area contributed by atoms with Gasteiger partial charge in [0.2, 0.25) is 10.0 Å². The van der Waals surface area contributed by atoms with Crippen molar-refractivity contribution in [1.82, 2.24) is 15.5 Å². The summed E-state index contributed by atoms with van der Waals surface area (Å²) in [4.78, 5) is 12.7. The number of sulfonamides is 1. The summed E-state index contributed by atoms with van der Waals surface area (Å²) >= 11 is 0. The van der Waals surface area contributed by atoms with Gasteiger partial charge in [0.1, 0.15) is 11.4 Å². The predicted octanol–water partition coefficient (Wildman–Crippen LogP) is 2.82. The van der Waals surface area contributed by atoms with Crippen molar-refractivity contribution in [3.63, 3.8) is 0 Å². The molecule has 31 heavy (non-hydrogen) atoms. The molecule has 1 heterocycles. The van der Waals surface area contributed by atoms with E-state index >= 15 is 0 Å². The van der Waals surface area contributed by atoms with Crippen LogP contribution in [0.2, 0.25) is 0 Å². The second kappa shape index (κ2) is 8.21. The van der Waals surface area contributed by atoms with Gasteiger partial charge in [0.15, 0.2) is 0 Å². The Morgan fingerprint density at radius 1 is 1.10 bits per heavy atom. The van der Waals surface area contributed by atoms with Crippen LogP contribution in [0.15, 0.2) is 71.6 Å². The topological polar surface area (TPSA) is 127 Å². The fourth-order valence-corrected chi connectivity index (χ4v) is 3.80. The number of carbonyl (C=O) groups excluding carboxylic acids is 1. The van der Waals surface area contributed by atoms with E-state index in [1.165, 1.54) is 12.1 Å². The lowest BCUT2D eigenvalue weighted by Gasteiger charge is -2.08. The van der Waals surface area contributed by atoms with Gasteiger partial charge in [-0.2, -0.15) is 5.10 Å². The average molecular weight is 436 g/mol. The quantitative estimate of drug-likeness (QED) is 0.428. The first-order valence-corrected chi connectivity index (χ1v) is 10.9. The number of nitrogens with one attached hydrogen (secondary N) is 2. The molecule has 0 atom stereocenters. The summed E-state index contributed by atoms with van der Waals surface area (Å²) in [5.41, 5.74) is 3.55. The van der Waals surface area contributed by atoms with E-state index in [9.17, 15) is 13.2 Å². The molecule has 0 unspecified atom stereocenters. The van der Waals surface area contributed by atoms with Gasteiger partial charge >= 0.3 is 0 Å². The molecule has 0 aliphatic carbocycles. The van der Waals surface area contributed by atoms with Crippen LogP contribution in [0.25, 0.3) is 22.2 Å². The van der Waals surface area contributed by atoms with Gasteiger partial charge < -0.3 is 10.1 Å². The number of hydrogen-bond donors (Lipinski definition) is 3. The number of aromatic amines is 1. The summed E-state index contributed by atoms with van der Waals surface area (Å²) in [7, 11) is -2.15. The smallest absolute Gasteiger partial charge is 0.251 e. The number of aromatic nitrogens is 2. The maximum atomic E-state index is 12.7. The van der Waals surface area contributed by atoms with Crippen molar-refractivity contribution in [2.24, 2.45) is 5.14 Å². The first kappa shape index (κ1) is 20.6. The lowest BCUT2D eigenvalue weighted by atomic mass is 10.0. The van der Waals surface area contributed by atoms with Crippen LogP contribution in [0.1, 0.15) is 15.9 Å². The van der Waals surface area contributed by atoms with Gasteiger partial charge in [-0.3, -0.25) is 9.89 Å². The minimum absolute atomic E-state index is 0.0249. The van der Waals surface area contributed by atoms with Gasteiger partial charge in [0.25, 0.3) is 5.91 Å². The Hall–Kier alpha value is -3.69. The predicted molar refractivity (Wildman–Crippen MR) is 117 cm³/mol. The van der Waals surface area contributed by atoms with Crippen molar-refractivity contribution >= 4 is 26.8 Å². The number of ether oxygens (including phenoxy) is 1. The molecule has 4 rings (SSSR count). The van der Waals surface area contributed by atoms with Crippen molar-refractivity contribution in [2.45, 2.75) is 11.4 Å². The number of primary sulfonamides is 1. The van der Waals surface area contributed by atoms with E-state index in [0.29, 0.717) is 17.0 Å². The van der Waals surface area contributed by atoms with E-state index < -0.39 is 10.0 Å². The molecule has 0 aliphatic heterocycles. The van der Waals surface area contributed by atoms with Crippen LogP contribution >= 0.6 is 0 Å². The summed E-state index contributed by atoms with van der Waals surface area (Å²) in [5.74, 6) is 0.429. The minimum Gasteiger partial charge on any atom is -0.496 e. The van der Waals surface area contributed by atoms with Crippen LogP contribution in [-0.2, 0) is 16.6 Å². The average Bonchev–Trinajstić information content (AvgIpc) is 3.20. The fourth-order valence-electron chi connectivity index (χ4n) is 3.28. The van der Waals surface area contributed by atoms with E-state index in [0.717, 1.165) is 22.0 Å². The number of nitrogens with zero attached hydrogens (tertiary/aromatic N) is 1. The summed E-state index contributed by atoms with van der Waals surface area (Å²) in [6.07, 6.45) is 0. The molecule has 0 saturated carbocycles. The molecule has 8 nitrogen and oxygen atoms in total. The lowest BCUT2D eigenvalue weighted by molar-refractivity contribution is 0.0951. The van der Waals surface area contributed by atoms with Gasteiger partial charge in [0.05, 0.1) is 17.5 Å². The molecular formula is C22H20N4O4S. The van der Waals surface area contributed by atoms with Gasteiger partial charge in [-0.1, -0.05) is 24.3 Å². The first-order valence-electron chi connectivity index (χ1n) is 9.38.